The molecule has 0 radical (unpaired) electrons. The average molecular weight is 430 g/mol. The first-order valence-corrected chi connectivity index (χ1v) is 7.79. The lowest BCUT2D eigenvalue weighted by molar-refractivity contribution is -0.151. The highest BCUT2D eigenvalue weighted by atomic mass is 35.5. The van der Waals surface area contributed by atoms with E-state index in [0.717, 1.165) is 17.1 Å². The molecule has 12 heteroatoms. The van der Waals surface area contributed by atoms with Crippen molar-refractivity contribution in [2.24, 2.45) is 0 Å². The second-order valence-electron chi connectivity index (χ2n) is 5.18. The average Bonchev–Trinajstić information content (AvgIpc) is 2.56. The molecule has 2 rings (SSSR count). The largest absolute Gasteiger partial charge is 0.462 e. The zero-order valence-electron chi connectivity index (χ0n) is 13.8. The molecular formula is C16H10ClF6NO4. The van der Waals surface area contributed by atoms with Crippen LogP contribution in [0.2, 0.25) is 5.02 Å². The van der Waals surface area contributed by atoms with Gasteiger partial charge < -0.3 is 14.5 Å². The Labute approximate surface area is 157 Å². The van der Waals surface area contributed by atoms with Gasteiger partial charge in [0.05, 0.1) is 6.61 Å². The zero-order valence-corrected chi connectivity index (χ0v) is 14.6. The number of ether oxygens (including phenoxy) is 2. The van der Waals surface area contributed by atoms with Gasteiger partial charge in [-0.25, -0.2) is 4.79 Å². The van der Waals surface area contributed by atoms with Crippen LogP contribution in [0.1, 0.15) is 28.7 Å². The molecule has 1 aromatic carbocycles. The SMILES string of the molecule is CCOC(=O)c1c(C(F)(F)F)[nH]c(C(F)(F)F)c(Oc2ccc(Cl)cc2)c1=O. The van der Waals surface area contributed by atoms with E-state index >= 15 is 0 Å². The third kappa shape index (κ3) is 4.58. The number of halogens is 7. The number of rotatable bonds is 4. The Kier molecular flexibility index (Phi) is 5.97. The first-order valence-electron chi connectivity index (χ1n) is 7.41. The molecule has 1 N–H and O–H groups in total. The summed E-state index contributed by atoms with van der Waals surface area (Å²) in [6.45, 7) is 0.832. The van der Waals surface area contributed by atoms with Crippen molar-refractivity contribution in [3.63, 3.8) is 0 Å². The molecule has 0 saturated carbocycles. The summed E-state index contributed by atoms with van der Waals surface area (Å²) >= 11 is 5.63. The van der Waals surface area contributed by atoms with E-state index in [1.165, 1.54) is 19.1 Å². The van der Waals surface area contributed by atoms with Crippen LogP contribution in [0.3, 0.4) is 0 Å². The lowest BCUT2D eigenvalue weighted by Gasteiger charge is -2.18. The molecule has 152 valence electrons. The number of hydrogen-bond donors (Lipinski definition) is 1. The van der Waals surface area contributed by atoms with E-state index in [-0.39, 0.29) is 10.8 Å². The second-order valence-corrected chi connectivity index (χ2v) is 5.62. The van der Waals surface area contributed by atoms with Crippen molar-refractivity contribution in [3.8, 4) is 11.5 Å². The molecule has 0 atom stereocenters. The van der Waals surface area contributed by atoms with E-state index in [9.17, 15) is 35.9 Å². The number of H-pyrrole nitrogens is 1. The smallest absolute Gasteiger partial charge is 0.435 e. The molecule has 1 heterocycles. The molecule has 0 bridgehead atoms. The standard InChI is InChI=1S/C16H10ClF6NO4/c1-2-27-14(26)9-10(25)11(28-8-5-3-7(17)4-6-8)13(16(21,22)23)24-12(9)15(18,19)20/h3-6H,2H2,1H3,(H,24,25). The lowest BCUT2D eigenvalue weighted by atomic mass is 10.1. The normalized spacial score (nSPS) is 12.0. The molecule has 0 aliphatic carbocycles. The van der Waals surface area contributed by atoms with Gasteiger partial charge in [-0.3, -0.25) is 4.79 Å². The molecule has 0 spiro atoms. The van der Waals surface area contributed by atoms with E-state index in [1.807, 2.05) is 0 Å². The number of esters is 1. The number of pyridine rings is 1. The summed E-state index contributed by atoms with van der Waals surface area (Å²) in [5.41, 5.74) is -7.86. The number of hydrogen-bond acceptors (Lipinski definition) is 4. The fourth-order valence-electron chi connectivity index (χ4n) is 2.11. The van der Waals surface area contributed by atoms with Crippen LogP contribution < -0.4 is 10.2 Å². The molecule has 0 aliphatic rings. The van der Waals surface area contributed by atoms with Crippen molar-refractivity contribution in [2.75, 3.05) is 6.61 Å². The van der Waals surface area contributed by atoms with Crippen LogP contribution in [0.25, 0.3) is 0 Å². The summed E-state index contributed by atoms with van der Waals surface area (Å²) in [6, 6.07) is 4.61. The minimum absolute atomic E-state index is 0.192. The molecule has 0 fully saturated rings. The van der Waals surface area contributed by atoms with Gasteiger partial charge >= 0.3 is 18.3 Å². The molecule has 1 aromatic heterocycles. The monoisotopic (exact) mass is 429 g/mol. The highest BCUT2D eigenvalue weighted by molar-refractivity contribution is 6.30. The molecule has 0 unspecified atom stereocenters. The maximum Gasteiger partial charge on any atom is 0.435 e. The van der Waals surface area contributed by atoms with Gasteiger partial charge in [0.1, 0.15) is 17.0 Å². The predicted octanol–water partition coefficient (Wildman–Crippen LogP) is 5.03. The Morgan fingerprint density at radius 2 is 1.57 bits per heavy atom. The van der Waals surface area contributed by atoms with E-state index < -0.39 is 53.1 Å². The van der Waals surface area contributed by atoms with Gasteiger partial charge in [0.25, 0.3) is 0 Å². The summed E-state index contributed by atoms with van der Waals surface area (Å²) in [5, 5.41) is 0.192. The van der Waals surface area contributed by atoms with Crippen molar-refractivity contribution < 1.29 is 40.6 Å². The van der Waals surface area contributed by atoms with E-state index in [4.69, 9.17) is 16.3 Å². The number of benzene rings is 1. The van der Waals surface area contributed by atoms with Gasteiger partial charge in [0.2, 0.25) is 11.2 Å². The Balaban J connectivity index is 2.81. The number of carbonyl (C=O) groups excluding carboxylic acids is 1. The molecule has 0 saturated heterocycles. The van der Waals surface area contributed by atoms with Crippen molar-refractivity contribution in [1.29, 1.82) is 0 Å². The van der Waals surface area contributed by atoms with Gasteiger partial charge in [0.15, 0.2) is 5.69 Å². The Bertz CT molecular complexity index is 934. The quantitative estimate of drug-likeness (QED) is 0.546. The number of carbonyl (C=O) groups is 1. The Morgan fingerprint density at radius 1 is 1.04 bits per heavy atom. The maximum absolute atomic E-state index is 13.3. The van der Waals surface area contributed by atoms with Crippen LogP contribution in [-0.4, -0.2) is 17.6 Å². The highest BCUT2D eigenvalue weighted by Gasteiger charge is 2.45. The Hall–Kier alpha value is -2.69. The van der Waals surface area contributed by atoms with Crippen LogP contribution in [0, 0.1) is 0 Å². The fourth-order valence-corrected chi connectivity index (χ4v) is 2.24. The minimum Gasteiger partial charge on any atom is -0.462 e. The van der Waals surface area contributed by atoms with Crippen LogP contribution in [0.15, 0.2) is 29.1 Å². The van der Waals surface area contributed by atoms with Crippen LogP contribution in [0.5, 0.6) is 11.5 Å². The third-order valence-electron chi connectivity index (χ3n) is 3.24. The van der Waals surface area contributed by atoms with Gasteiger partial charge in [-0.1, -0.05) is 11.6 Å². The van der Waals surface area contributed by atoms with Crippen molar-refractivity contribution in [2.45, 2.75) is 19.3 Å². The molecule has 2 aromatic rings. The van der Waals surface area contributed by atoms with Crippen LogP contribution >= 0.6 is 11.6 Å². The lowest BCUT2D eigenvalue weighted by Crippen LogP contribution is -2.30. The second kappa shape index (κ2) is 7.74. The van der Waals surface area contributed by atoms with Gasteiger partial charge in [0, 0.05) is 5.02 Å². The summed E-state index contributed by atoms with van der Waals surface area (Å²) in [7, 11) is 0. The Morgan fingerprint density at radius 3 is 2.04 bits per heavy atom. The summed E-state index contributed by atoms with van der Waals surface area (Å²) in [5.74, 6) is -3.61. The van der Waals surface area contributed by atoms with Crippen LogP contribution in [0.4, 0.5) is 26.3 Å². The van der Waals surface area contributed by atoms with Crippen molar-refractivity contribution in [3.05, 3.63) is 56.5 Å². The van der Waals surface area contributed by atoms with E-state index in [1.54, 1.807) is 0 Å². The molecular weight excluding hydrogens is 420 g/mol. The van der Waals surface area contributed by atoms with Gasteiger partial charge in [-0.05, 0) is 31.2 Å². The predicted molar refractivity (Wildman–Crippen MR) is 84.5 cm³/mol. The number of nitrogens with one attached hydrogen (secondary N) is 1. The number of aromatic nitrogens is 1. The fraction of sp³-hybridized carbons (Fsp3) is 0.250. The van der Waals surface area contributed by atoms with Crippen molar-refractivity contribution in [1.82, 2.24) is 4.98 Å². The minimum atomic E-state index is -5.47. The zero-order chi connectivity index (χ0) is 21.3. The topological polar surface area (TPSA) is 68.4 Å². The van der Waals surface area contributed by atoms with Crippen LogP contribution in [-0.2, 0) is 17.1 Å². The van der Waals surface area contributed by atoms with E-state index in [0.29, 0.717) is 0 Å². The molecule has 0 aliphatic heterocycles. The summed E-state index contributed by atoms with van der Waals surface area (Å²) < 4.78 is 88.7. The molecule has 28 heavy (non-hydrogen) atoms. The molecule has 0 amide bonds. The first-order chi connectivity index (χ1) is 12.9. The van der Waals surface area contributed by atoms with Gasteiger partial charge in [-0.2, -0.15) is 26.3 Å². The van der Waals surface area contributed by atoms with Gasteiger partial charge in [-0.15, -0.1) is 0 Å². The number of aromatic amines is 1. The highest BCUT2D eigenvalue weighted by Crippen LogP contribution is 2.39. The summed E-state index contributed by atoms with van der Waals surface area (Å²) in [4.78, 5) is 25.3. The summed E-state index contributed by atoms with van der Waals surface area (Å²) in [6.07, 6.45) is -10.9. The molecule has 5 nitrogen and oxygen atoms in total. The van der Waals surface area contributed by atoms with Crippen molar-refractivity contribution >= 4 is 17.6 Å². The van der Waals surface area contributed by atoms with E-state index in [2.05, 4.69) is 4.74 Å². The maximum atomic E-state index is 13.3. The number of alkyl halides is 6. The third-order valence-corrected chi connectivity index (χ3v) is 3.49. The first kappa shape index (κ1) is 21.6.